The molecule has 1 aromatic heterocycles. The van der Waals surface area contributed by atoms with Crippen molar-refractivity contribution in [3.05, 3.63) is 24.5 Å². The van der Waals surface area contributed by atoms with Crippen LogP contribution in [0.15, 0.2) is 24.5 Å². The largest absolute Gasteiger partial charge is 0.277 e. The molecule has 0 N–H and O–H groups in total. The average molecular weight is 115 g/mol. The van der Waals surface area contributed by atoms with E-state index in [1.54, 1.807) is 16.4 Å². The summed E-state index contributed by atoms with van der Waals surface area (Å²) in [4.78, 5) is 0. The van der Waals surface area contributed by atoms with Crippen molar-refractivity contribution in [1.29, 1.82) is 0 Å². The van der Waals surface area contributed by atoms with E-state index in [4.69, 9.17) is 0 Å². The van der Waals surface area contributed by atoms with Gasteiger partial charge < -0.3 is 0 Å². The summed E-state index contributed by atoms with van der Waals surface area (Å²) in [5, 5.41) is 0. The zero-order valence-corrected chi connectivity index (χ0v) is 4.51. The quantitative estimate of drug-likeness (QED) is 0.519. The number of nitrogens with zero attached hydrogens (tertiary/aromatic N) is 1. The summed E-state index contributed by atoms with van der Waals surface area (Å²) < 4.78 is 11.5. The van der Waals surface area contributed by atoms with Crippen molar-refractivity contribution < 1.29 is 4.21 Å². The Hall–Kier alpha value is -0.570. The number of aromatic nitrogens is 1. The molecule has 1 aromatic rings. The first kappa shape index (κ1) is 4.59. The molecule has 0 aliphatic heterocycles. The molecule has 7 heavy (non-hydrogen) atoms. The second kappa shape index (κ2) is 1.93. The minimum atomic E-state index is 0.0316. The van der Waals surface area contributed by atoms with Crippen LogP contribution < -0.4 is 0 Å². The van der Waals surface area contributed by atoms with Gasteiger partial charge in [0.05, 0.1) is 0 Å². The monoisotopic (exact) mass is 115 g/mol. The molecular formula is C4H5NOS. The van der Waals surface area contributed by atoms with Crippen molar-refractivity contribution in [3.8, 4) is 0 Å². The summed E-state index contributed by atoms with van der Waals surface area (Å²) in [6, 6.07) is 3.65. The highest BCUT2D eigenvalue weighted by Crippen LogP contribution is 1.83. The van der Waals surface area contributed by atoms with E-state index in [9.17, 15) is 4.21 Å². The van der Waals surface area contributed by atoms with Gasteiger partial charge in [0.25, 0.3) is 0 Å². The van der Waals surface area contributed by atoms with Crippen LogP contribution in [0.4, 0.5) is 0 Å². The van der Waals surface area contributed by atoms with E-state index in [1.807, 2.05) is 12.1 Å². The second-order valence-corrected chi connectivity index (χ2v) is 1.77. The van der Waals surface area contributed by atoms with E-state index < -0.39 is 0 Å². The number of thiol groups is 1. The molecule has 0 unspecified atom stereocenters. The van der Waals surface area contributed by atoms with Crippen LogP contribution in [0, 0.1) is 0 Å². The first-order valence-electron chi connectivity index (χ1n) is 1.90. The molecular weight excluding hydrogens is 110 g/mol. The van der Waals surface area contributed by atoms with E-state index >= 15 is 0 Å². The molecule has 1 rings (SSSR count). The lowest BCUT2D eigenvalue weighted by Gasteiger charge is -1.78. The Morgan fingerprint density at radius 2 is 1.86 bits per heavy atom. The third-order valence-corrected chi connectivity index (χ3v) is 1.14. The molecule has 0 aliphatic carbocycles. The molecule has 1 heterocycles. The fraction of sp³-hybridized carbons (Fsp3) is 0. The average Bonchev–Trinajstić information content (AvgIpc) is 2.14. The first-order chi connectivity index (χ1) is 3.43. The third kappa shape index (κ3) is 0.899. The van der Waals surface area contributed by atoms with Gasteiger partial charge in [-0.1, -0.05) is 0 Å². The summed E-state index contributed by atoms with van der Waals surface area (Å²) in [5.74, 6) is 0. The van der Waals surface area contributed by atoms with Gasteiger partial charge in [0.2, 0.25) is 0 Å². The topological polar surface area (TPSA) is 22.0 Å². The van der Waals surface area contributed by atoms with E-state index in [1.165, 1.54) is 0 Å². The fourth-order valence-electron chi connectivity index (χ4n) is 0.380. The smallest absolute Gasteiger partial charge is 0.110 e. The van der Waals surface area contributed by atoms with Gasteiger partial charge in [-0.3, -0.25) is 3.97 Å². The molecule has 0 radical (unpaired) electrons. The molecule has 0 amide bonds. The zero-order chi connectivity index (χ0) is 5.11. The lowest BCUT2D eigenvalue weighted by atomic mass is 10.7. The lowest BCUT2D eigenvalue weighted by molar-refractivity contribution is 0.689. The Balaban J connectivity index is 2.96. The van der Waals surface area contributed by atoms with Crippen molar-refractivity contribution in [2.75, 3.05) is 0 Å². The fourth-order valence-corrected chi connectivity index (χ4v) is 0.643. The highest BCUT2D eigenvalue weighted by atomic mass is 32.2. The Morgan fingerprint density at radius 3 is 2.14 bits per heavy atom. The molecule has 0 spiro atoms. The molecule has 0 saturated carbocycles. The standard InChI is InChI=1S/C4H5NOS/c6-7-5-3-1-2-4-5/h1-4,7H. The number of hydrogen-bond donors (Lipinski definition) is 1. The van der Waals surface area contributed by atoms with Gasteiger partial charge in [-0.25, -0.2) is 4.21 Å². The maximum atomic E-state index is 9.93. The first-order valence-corrected chi connectivity index (χ1v) is 2.66. The van der Waals surface area contributed by atoms with Crippen LogP contribution in [-0.2, 0) is 11.9 Å². The van der Waals surface area contributed by atoms with Gasteiger partial charge in [-0.2, -0.15) is 0 Å². The normalized spacial score (nSPS) is 9.14. The van der Waals surface area contributed by atoms with Crippen molar-refractivity contribution >= 4 is 11.9 Å². The number of hydrogen-bond acceptors (Lipinski definition) is 1. The molecule has 0 saturated heterocycles. The highest BCUT2D eigenvalue weighted by molar-refractivity contribution is 7.63. The van der Waals surface area contributed by atoms with E-state index in [0.29, 0.717) is 0 Å². The molecule has 0 bridgehead atoms. The molecule has 0 aromatic carbocycles. The van der Waals surface area contributed by atoms with Crippen LogP contribution in [0.1, 0.15) is 0 Å². The SMILES string of the molecule is O=[SH]n1cccc1. The Bertz CT molecular complexity index is 147. The van der Waals surface area contributed by atoms with Crippen molar-refractivity contribution in [2.24, 2.45) is 0 Å². The summed E-state index contributed by atoms with van der Waals surface area (Å²) in [5.41, 5.74) is 0. The van der Waals surface area contributed by atoms with Crippen LogP contribution >= 0.6 is 0 Å². The van der Waals surface area contributed by atoms with Crippen molar-refractivity contribution in [3.63, 3.8) is 0 Å². The minimum Gasteiger partial charge on any atom is -0.277 e. The minimum absolute atomic E-state index is 0.0316. The van der Waals surface area contributed by atoms with Gasteiger partial charge >= 0.3 is 0 Å². The van der Waals surface area contributed by atoms with Crippen LogP contribution in [0.2, 0.25) is 0 Å². The van der Waals surface area contributed by atoms with Crippen LogP contribution in [-0.4, -0.2) is 8.18 Å². The Kier molecular flexibility index (Phi) is 1.26. The van der Waals surface area contributed by atoms with Crippen LogP contribution in [0.5, 0.6) is 0 Å². The lowest BCUT2D eigenvalue weighted by Crippen LogP contribution is -1.79. The Labute approximate surface area is 45.4 Å². The van der Waals surface area contributed by atoms with Gasteiger partial charge in [0.1, 0.15) is 11.9 Å². The predicted molar refractivity (Wildman–Crippen MR) is 29.4 cm³/mol. The highest BCUT2D eigenvalue weighted by Gasteiger charge is 1.74. The summed E-state index contributed by atoms with van der Waals surface area (Å²) in [6.45, 7) is 0. The summed E-state index contributed by atoms with van der Waals surface area (Å²) in [7, 11) is 0. The van der Waals surface area contributed by atoms with Gasteiger partial charge in [0.15, 0.2) is 0 Å². The maximum absolute atomic E-state index is 9.93. The summed E-state index contributed by atoms with van der Waals surface area (Å²) in [6.07, 6.45) is 3.46. The Morgan fingerprint density at radius 1 is 1.29 bits per heavy atom. The number of rotatable bonds is 1. The summed E-state index contributed by atoms with van der Waals surface area (Å²) >= 11 is 0.0316. The third-order valence-electron chi connectivity index (χ3n) is 0.683. The van der Waals surface area contributed by atoms with Gasteiger partial charge in [-0.15, -0.1) is 0 Å². The second-order valence-electron chi connectivity index (χ2n) is 1.14. The van der Waals surface area contributed by atoms with Crippen molar-refractivity contribution in [2.45, 2.75) is 0 Å². The van der Waals surface area contributed by atoms with Crippen LogP contribution in [0.25, 0.3) is 0 Å². The molecule has 0 aliphatic rings. The van der Waals surface area contributed by atoms with Crippen LogP contribution in [0.3, 0.4) is 0 Å². The van der Waals surface area contributed by atoms with Crippen molar-refractivity contribution in [1.82, 2.24) is 3.97 Å². The molecule has 38 valence electrons. The molecule has 0 fully saturated rings. The van der Waals surface area contributed by atoms with Gasteiger partial charge in [0, 0.05) is 12.4 Å². The van der Waals surface area contributed by atoms with E-state index in [2.05, 4.69) is 0 Å². The molecule has 2 nitrogen and oxygen atoms in total. The van der Waals surface area contributed by atoms with E-state index in [0.717, 1.165) is 0 Å². The van der Waals surface area contributed by atoms with Gasteiger partial charge in [-0.05, 0) is 12.1 Å². The molecule has 3 heteroatoms. The van der Waals surface area contributed by atoms with E-state index in [-0.39, 0.29) is 11.9 Å². The zero-order valence-electron chi connectivity index (χ0n) is 3.61. The predicted octanol–water partition coefficient (Wildman–Crippen LogP) is 0.197. The maximum Gasteiger partial charge on any atom is 0.110 e. The molecule has 0 atom stereocenters.